The number of halogens is 2. The van der Waals surface area contributed by atoms with Crippen molar-refractivity contribution >= 4 is 29.0 Å². The Kier molecular flexibility index (Phi) is 3.65. The van der Waals surface area contributed by atoms with Crippen LogP contribution in [0, 0.1) is 0 Å². The maximum Gasteiger partial charge on any atom is 0.131 e. The molecule has 2 aromatic rings. The zero-order valence-corrected chi connectivity index (χ0v) is 12.9. The summed E-state index contributed by atoms with van der Waals surface area (Å²) >= 11 is 12.2. The summed E-state index contributed by atoms with van der Waals surface area (Å²) in [6, 6.07) is 5.41. The highest BCUT2D eigenvalue weighted by Crippen LogP contribution is 2.38. The fourth-order valence-electron chi connectivity index (χ4n) is 2.96. The first-order chi connectivity index (χ1) is 9.58. The quantitative estimate of drug-likeness (QED) is 0.878. The van der Waals surface area contributed by atoms with Gasteiger partial charge in [0.15, 0.2) is 0 Å². The SMILES string of the molecule is Cn1c(C2CCCC2)nc(-c2ccc(Cl)cc2Cl)c1N. The number of rotatable bonds is 2. The van der Waals surface area contributed by atoms with E-state index in [9.17, 15) is 0 Å². The molecule has 5 heteroatoms. The molecule has 0 unspecified atom stereocenters. The molecular weight excluding hydrogens is 293 g/mol. The summed E-state index contributed by atoms with van der Waals surface area (Å²) in [6.07, 6.45) is 4.93. The Labute approximate surface area is 128 Å². The Hall–Kier alpha value is -1.19. The van der Waals surface area contributed by atoms with Crippen molar-refractivity contribution in [3.05, 3.63) is 34.1 Å². The highest BCUT2D eigenvalue weighted by atomic mass is 35.5. The molecule has 0 radical (unpaired) electrons. The van der Waals surface area contributed by atoms with E-state index >= 15 is 0 Å². The molecule has 1 saturated carbocycles. The van der Waals surface area contributed by atoms with Crippen LogP contribution in [0.2, 0.25) is 10.0 Å². The van der Waals surface area contributed by atoms with Gasteiger partial charge in [-0.1, -0.05) is 36.0 Å². The second-order valence-electron chi connectivity index (χ2n) is 5.37. The minimum atomic E-state index is 0.516. The van der Waals surface area contributed by atoms with Gasteiger partial charge in [-0.25, -0.2) is 4.98 Å². The fourth-order valence-corrected chi connectivity index (χ4v) is 3.46. The lowest BCUT2D eigenvalue weighted by Crippen LogP contribution is -2.05. The summed E-state index contributed by atoms with van der Waals surface area (Å²) < 4.78 is 2.00. The van der Waals surface area contributed by atoms with E-state index in [1.807, 2.05) is 23.7 Å². The molecule has 0 aliphatic heterocycles. The maximum absolute atomic E-state index is 6.27. The summed E-state index contributed by atoms with van der Waals surface area (Å²) in [5, 5.41) is 1.20. The molecule has 1 aliphatic carbocycles. The van der Waals surface area contributed by atoms with E-state index in [-0.39, 0.29) is 0 Å². The third-order valence-electron chi connectivity index (χ3n) is 4.08. The van der Waals surface area contributed by atoms with Crippen LogP contribution in [0.15, 0.2) is 18.2 Å². The first kappa shape index (κ1) is 13.8. The van der Waals surface area contributed by atoms with Crippen molar-refractivity contribution in [1.82, 2.24) is 9.55 Å². The summed E-state index contributed by atoms with van der Waals surface area (Å²) in [5.41, 5.74) is 7.82. The van der Waals surface area contributed by atoms with Gasteiger partial charge in [-0.05, 0) is 31.0 Å². The number of nitrogen functional groups attached to an aromatic ring is 1. The standard InChI is InChI=1S/C15H17Cl2N3/c1-20-14(18)13(11-7-6-10(16)8-12(11)17)19-15(20)9-4-2-3-5-9/h6-9H,2-5,18H2,1H3. The number of anilines is 1. The first-order valence-electron chi connectivity index (χ1n) is 6.85. The van der Waals surface area contributed by atoms with Crippen molar-refractivity contribution in [1.29, 1.82) is 0 Å². The van der Waals surface area contributed by atoms with Crippen LogP contribution < -0.4 is 5.73 Å². The van der Waals surface area contributed by atoms with Crippen LogP contribution in [0.25, 0.3) is 11.3 Å². The van der Waals surface area contributed by atoms with E-state index in [1.165, 1.54) is 25.7 Å². The normalized spacial score (nSPS) is 15.9. The van der Waals surface area contributed by atoms with Crippen molar-refractivity contribution < 1.29 is 0 Å². The molecule has 1 aromatic carbocycles. The van der Waals surface area contributed by atoms with E-state index < -0.39 is 0 Å². The highest BCUT2D eigenvalue weighted by molar-refractivity contribution is 6.36. The van der Waals surface area contributed by atoms with Crippen molar-refractivity contribution in [2.45, 2.75) is 31.6 Å². The van der Waals surface area contributed by atoms with Gasteiger partial charge in [0, 0.05) is 23.6 Å². The number of nitrogens with two attached hydrogens (primary N) is 1. The second-order valence-corrected chi connectivity index (χ2v) is 6.21. The van der Waals surface area contributed by atoms with Gasteiger partial charge in [0.25, 0.3) is 0 Å². The summed E-state index contributed by atoms with van der Waals surface area (Å²) in [7, 11) is 1.98. The van der Waals surface area contributed by atoms with Crippen molar-refractivity contribution in [2.24, 2.45) is 7.05 Å². The van der Waals surface area contributed by atoms with Gasteiger partial charge in [-0.2, -0.15) is 0 Å². The molecule has 2 N–H and O–H groups in total. The van der Waals surface area contributed by atoms with E-state index in [0.29, 0.717) is 21.8 Å². The van der Waals surface area contributed by atoms with Crippen LogP contribution in [-0.4, -0.2) is 9.55 Å². The molecule has 0 bridgehead atoms. The van der Waals surface area contributed by atoms with E-state index in [0.717, 1.165) is 17.1 Å². The van der Waals surface area contributed by atoms with Crippen molar-refractivity contribution in [2.75, 3.05) is 5.73 Å². The number of hydrogen-bond donors (Lipinski definition) is 1. The van der Waals surface area contributed by atoms with Gasteiger partial charge in [-0.15, -0.1) is 0 Å². The van der Waals surface area contributed by atoms with Crippen LogP contribution >= 0.6 is 23.2 Å². The number of hydrogen-bond acceptors (Lipinski definition) is 2. The number of benzene rings is 1. The predicted octanol–water partition coefficient (Wildman–Crippen LogP) is 4.63. The van der Waals surface area contributed by atoms with E-state index in [1.54, 1.807) is 6.07 Å². The molecule has 1 aromatic heterocycles. The summed E-state index contributed by atoms with van der Waals surface area (Å²) in [6.45, 7) is 0. The largest absolute Gasteiger partial charge is 0.383 e. The molecule has 3 rings (SSSR count). The topological polar surface area (TPSA) is 43.8 Å². The van der Waals surface area contributed by atoms with Crippen molar-refractivity contribution in [3.63, 3.8) is 0 Å². The Morgan fingerprint density at radius 2 is 1.95 bits per heavy atom. The molecule has 20 heavy (non-hydrogen) atoms. The van der Waals surface area contributed by atoms with Crippen LogP contribution in [0.4, 0.5) is 5.82 Å². The zero-order valence-electron chi connectivity index (χ0n) is 11.4. The lowest BCUT2D eigenvalue weighted by Gasteiger charge is -2.08. The first-order valence-corrected chi connectivity index (χ1v) is 7.61. The monoisotopic (exact) mass is 309 g/mol. The van der Waals surface area contributed by atoms with Gasteiger partial charge in [0.2, 0.25) is 0 Å². The molecule has 1 heterocycles. The molecule has 106 valence electrons. The van der Waals surface area contributed by atoms with Crippen LogP contribution in [0.3, 0.4) is 0 Å². The Morgan fingerprint density at radius 1 is 1.25 bits per heavy atom. The van der Waals surface area contributed by atoms with Crippen LogP contribution in [0.1, 0.15) is 37.4 Å². The molecule has 0 amide bonds. The number of aromatic nitrogens is 2. The molecule has 0 atom stereocenters. The van der Waals surface area contributed by atoms with E-state index in [4.69, 9.17) is 33.9 Å². The highest BCUT2D eigenvalue weighted by Gasteiger charge is 2.25. The minimum Gasteiger partial charge on any atom is -0.383 e. The molecule has 3 nitrogen and oxygen atoms in total. The number of imidazole rings is 1. The Balaban J connectivity index is 2.07. The summed E-state index contributed by atoms with van der Waals surface area (Å²) in [4.78, 5) is 4.76. The van der Waals surface area contributed by atoms with Gasteiger partial charge < -0.3 is 10.3 Å². The molecular formula is C15H17Cl2N3. The average molecular weight is 310 g/mol. The van der Waals surface area contributed by atoms with Gasteiger partial charge in [0.1, 0.15) is 17.3 Å². The van der Waals surface area contributed by atoms with Crippen LogP contribution in [-0.2, 0) is 7.05 Å². The van der Waals surface area contributed by atoms with E-state index in [2.05, 4.69) is 0 Å². The molecule has 0 saturated heterocycles. The maximum atomic E-state index is 6.27. The molecule has 1 aliphatic rings. The zero-order chi connectivity index (χ0) is 14.3. The average Bonchev–Trinajstić information content (AvgIpc) is 3.01. The third-order valence-corrected chi connectivity index (χ3v) is 4.63. The molecule has 0 spiro atoms. The summed E-state index contributed by atoms with van der Waals surface area (Å²) in [5.74, 6) is 2.25. The predicted molar refractivity (Wildman–Crippen MR) is 84.3 cm³/mol. The minimum absolute atomic E-state index is 0.516. The second kappa shape index (κ2) is 5.30. The Morgan fingerprint density at radius 3 is 2.60 bits per heavy atom. The lowest BCUT2D eigenvalue weighted by molar-refractivity contribution is 0.635. The fraction of sp³-hybridized carbons (Fsp3) is 0.400. The Bertz CT molecular complexity index is 643. The van der Waals surface area contributed by atoms with Gasteiger partial charge >= 0.3 is 0 Å². The van der Waals surface area contributed by atoms with Crippen molar-refractivity contribution in [3.8, 4) is 11.3 Å². The third kappa shape index (κ3) is 2.29. The van der Waals surface area contributed by atoms with Gasteiger partial charge in [-0.3, -0.25) is 0 Å². The smallest absolute Gasteiger partial charge is 0.131 e. The van der Waals surface area contributed by atoms with Crippen LogP contribution in [0.5, 0.6) is 0 Å². The lowest BCUT2D eigenvalue weighted by atomic mass is 10.1. The van der Waals surface area contributed by atoms with Gasteiger partial charge in [0.05, 0.1) is 5.02 Å². The molecule has 1 fully saturated rings. The number of nitrogens with zero attached hydrogens (tertiary/aromatic N) is 2.